The van der Waals surface area contributed by atoms with Gasteiger partial charge >= 0.3 is 0 Å². The van der Waals surface area contributed by atoms with Crippen molar-refractivity contribution in [3.05, 3.63) is 52.3 Å². The second-order valence-electron chi connectivity index (χ2n) is 4.20. The van der Waals surface area contributed by atoms with Crippen molar-refractivity contribution in [2.24, 2.45) is 5.73 Å². The number of nitrogens with zero attached hydrogens (tertiary/aromatic N) is 1. The van der Waals surface area contributed by atoms with Crippen LogP contribution in [0.3, 0.4) is 0 Å². The summed E-state index contributed by atoms with van der Waals surface area (Å²) < 4.78 is 0. The van der Waals surface area contributed by atoms with Crippen LogP contribution in [-0.4, -0.2) is 10.8 Å². The summed E-state index contributed by atoms with van der Waals surface area (Å²) in [5, 5.41) is 8.39. The third kappa shape index (κ3) is 3.28. The Hall–Kier alpha value is -1.52. The Morgan fingerprint density at radius 3 is 2.68 bits per heavy atom. The molecule has 2 rings (SSSR count). The molecule has 0 aliphatic rings. The topological polar surface area (TPSA) is 62.8 Å². The number of hydrogen-bond donors (Lipinski definition) is 2. The van der Waals surface area contributed by atoms with E-state index >= 15 is 0 Å². The summed E-state index contributed by atoms with van der Waals surface area (Å²) in [6, 6.07) is 9.54. The molecule has 3 N–H and O–H groups in total. The molecule has 0 unspecified atom stereocenters. The molecule has 0 amide bonds. The van der Waals surface area contributed by atoms with Crippen LogP contribution in [0.2, 0.25) is 5.02 Å². The molecule has 19 heavy (non-hydrogen) atoms. The van der Waals surface area contributed by atoms with Gasteiger partial charge in [-0.05, 0) is 38.1 Å². The number of nitrogen functional groups attached to an aromatic ring is 1. The lowest BCUT2D eigenvalue weighted by atomic mass is 10.1. The zero-order valence-corrected chi connectivity index (χ0v) is 12.3. The van der Waals surface area contributed by atoms with Crippen LogP contribution in [0.1, 0.15) is 17.0 Å². The van der Waals surface area contributed by atoms with Crippen molar-refractivity contribution < 1.29 is 0 Å². The summed E-state index contributed by atoms with van der Waals surface area (Å²) in [5.41, 5.74) is 8.03. The van der Waals surface area contributed by atoms with E-state index in [4.69, 9.17) is 22.7 Å². The smallest absolute Gasteiger partial charge is 0.125 e. The quantitative estimate of drug-likeness (QED) is 0.668. The van der Waals surface area contributed by atoms with Gasteiger partial charge < -0.3 is 5.73 Å². The van der Waals surface area contributed by atoms with E-state index in [1.54, 1.807) is 0 Å². The van der Waals surface area contributed by atoms with Crippen molar-refractivity contribution in [3.63, 3.8) is 0 Å². The number of amidine groups is 1. The first-order chi connectivity index (χ1) is 8.97. The van der Waals surface area contributed by atoms with Crippen molar-refractivity contribution in [2.45, 2.75) is 23.6 Å². The second-order valence-corrected chi connectivity index (χ2v) is 5.75. The number of hydrogen-bond acceptors (Lipinski definition) is 3. The van der Waals surface area contributed by atoms with Gasteiger partial charge in [-0.2, -0.15) is 0 Å². The highest BCUT2D eigenvalue weighted by atomic mass is 35.5. The summed E-state index contributed by atoms with van der Waals surface area (Å²) in [7, 11) is 0. The lowest BCUT2D eigenvalue weighted by Gasteiger charge is -2.11. The fraction of sp³-hybridized carbons (Fsp3) is 0.143. The van der Waals surface area contributed by atoms with Gasteiger partial charge in [0.1, 0.15) is 5.84 Å². The summed E-state index contributed by atoms with van der Waals surface area (Å²) in [6.45, 7) is 3.80. The van der Waals surface area contributed by atoms with Gasteiger partial charge in [-0.1, -0.05) is 29.4 Å². The number of nitrogens with one attached hydrogen (secondary N) is 1. The Kier molecular flexibility index (Phi) is 4.12. The minimum atomic E-state index is 0.0366. The molecule has 0 aliphatic heterocycles. The van der Waals surface area contributed by atoms with E-state index in [0.717, 1.165) is 21.2 Å². The summed E-state index contributed by atoms with van der Waals surface area (Å²) in [4.78, 5) is 6.30. The fourth-order valence-corrected chi connectivity index (χ4v) is 3.29. The van der Waals surface area contributed by atoms with E-state index in [1.807, 2.05) is 44.2 Å². The molecule has 5 heteroatoms. The highest BCUT2D eigenvalue weighted by Gasteiger charge is 2.12. The molecular weight excluding hydrogens is 278 g/mol. The predicted octanol–water partition coefficient (Wildman–Crippen LogP) is 3.79. The van der Waals surface area contributed by atoms with E-state index in [2.05, 4.69) is 4.98 Å². The average Bonchev–Trinajstić information content (AvgIpc) is 2.26. The lowest BCUT2D eigenvalue weighted by Crippen LogP contribution is -2.15. The van der Waals surface area contributed by atoms with Crippen LogP contribution in [0, 0.1) is 19.3 Å². The lowest BCUT2D eigenvalue weighted by molar-refractivity contribution is 1.07. The zero-order valence-electron chi connectivity index (χ0n) is 10.7. The van der Waals surface area contributed by atoms with Gasteiger partial charge in [0.25, 0.3) is 0 Å². The molecule has 0 radical (unpaired) electrons. The molecule has 0 fully saturated rings. The van der Waals surface area contributed by atoms with E-state index in [-0.39, 0.29) is 5.84 Å². The Bertz CT molecular complexity index is 641. The molecule has 0 saturated carbocycles. The van der Waals surface area contributed by atoms with Crippen LogP contribution in [0.15, 0.2) is 40.1 Å². The minimum Gasteiger partial charge on any atom is -0.384 e. The highest BCUT2D eigenvalue weighted by molar-refractivity contribution is 7.99. The van der Waals surface area contributed by atoms with E-state index in [1.165, 1.54) is 11.8 Å². The molecule has 0 saturated heterocycles. The largest absolute Gasteiger partial charge is 0.384 e. The van der Waals surface area contributed by atoms with Gasteiger partial charge in [0, 0.05) is 26.2 Å². The van der Waals surface area contributed by atoms with Crippen molar-refractivity contribution >= 4 is 29.2 Å². The monoisotopic (exact) mass is 291 g/mol. The Morgan fingerprint density at radius 2 is 2.05 bits per heavy atom. The van der Waals surface area contributed by atoms with Crippen molar-refractivity contribution in [1.82, 2.24) is 4.98 Å². The van der Waals surface area contributed by atoms with Crippen molar-refractivity contribution in [3.8, 4) is 0 Å². The molecule has 1 aromatic carbocycles. The standard InChI is InChI=1S/C14H14ClN3S/c1-8-6-12(13(14(16)17)9(2)18-8)19-11-5-3-4-10(15)7-11/h3-7H,1-2H3,(H3,16,17). The molecular formula is C14H14ClN3S. The van der Waals surface area contributed by atoms with Gasteiger partial charge in [-0.15, -0.1) is 0 Å². The maximum atomic E-state index is 7.69. The van der Waals surface area contributed by atoms with Crippen LogP contribution in [0.4, 0.5) is 0 Å². The number of aromatic nitrogens is 1. The highest BCUT2D eigenvalue weighted by Crippen LogP contribution is 2.33. The van der Waals surface area contributed by atoms with E-state index < -0.39 is 0 Å². The van der Waals surface area contributed by atoms with Crippen LogP contribution in [-0.2, 0) is 0 Å². The molecule has 2 aromatic rings. The number of rotatable bonds is 3. The fourth-order valence-electron chi connectivity index (χ4n) is 1.86. The molecule has 0 spiro atoms. The van der Waals surface area contributed by atoms with Gasteiger partial charge in [0.2, 0.25) is 0 Å². The Balaban J connectivity index is 2.47. The maximum Gasteiger partial charge on any atom is 0.125 e. The van der Waals surface area contributed by atoms with Gasteiger partial charge in [-0.25, -0.2) is 0 Å². The number of pyridine rings is 1. The number of nitrogens with two attached hydrogens (primary N) is 1. The molecule has 3 nitrogen and oxygen atoms in total. The Labute approximate surface area is 121 Å². The van der Waals surface area contributed by atoms with Crippen LogP contribution < -0.4 is 5.73 Å². The molecule has 1 heterocycles. The van der Waals surface area contributed by atoms with Crippen LogP contribution in [0.5, 0.6) is 0 Å². The molecule has 0 aliphatic carbocycles. The molecule has 1 aromatic heterocycles. The normalized spacial score (nSPS) is 10.5. The third-order valence-electron chi connectivity index (χ3n) is 2.59. The SMILES string of the molecule is Cc1cc(Sc2cccc(Cl)c2)c(C(=N)N)c(C)n1. The third-order valence-corrected chi connectivity index (χ3v) is 3.85. The summed E-state index contributed by atoms with van der Waals surface area (Å²) in [6.07, 6.45) is 0. The Morgan fingerprint density at radius 1 is 1.32 bits per heavy atom. The second kappa shape index (κ2) is 5.63. The van der Waals surface area contributed by atoms with Crippen molar-refractivity contribution in [2.75, 3.05) is 0 Å². The first-order valence-corrected chi connectivity index (χ1v) is 6.93. The van der Waals surface area contributed by atoms with Gasteiger partial charge in [0.05, 0.1) is 5.56 Å². The van der Waals surface area contributed by atoms with Gasteiger partial charge in [0.15, 0.2) is 0 Å². The predicted molar refractivity (Wildman–Crippen MR) is 80.3 cm³/mol. The first-order valence-electron chi connectivity index (χ1n) is 5.73. The summed E-state index contributed by atoms with van der Waals surface area (Å²) >= 11 is 7.52. The van der Waals surface area contributed by atoms with Crippen molar-refractivity contribution in [1.29, 1.82) is 5.41 Å². The number of aryl methyl sites for hydroxylation is 2. The molecule has 0 bridgehead atoms. The number of benzene rings is 1. The maximum absolute atomic E-state index is 7.69. The first kappa shape index (κ1) is 13.9. The molecule has 98 valence electrons. The minimum absolute atomic E-state index is 0.0366. The van der Waals surface area contributed by atoms with E-state index in [0.29, 0.717) is 10.6 Å². The number of halogens is 1. The van der Waals surface area contributed by atoms with Crippen LogP contribution >= 0.6 is 23.4 Å². The molecule has 0 atom stereocenters. The van der Waals surface area contributed by atoms with E-state index in [9.17, 15) is 0 Å². The van der Waals surface area contributed by atoms with Gasteiger partial charge in [-0.3, -0.25) is 10.4 Å². The average molecular weight is 292 g/mol. The zero-order chi connectivity index (χ0) is 14.0. The summed E-state index contributed by atoms with van der Waals surface area (Å²) in [5.74, 6) is 0.0366. The van der Waals surface area contributed by atoms with Crippen LogP contribution in [0.25, 0.3) is 0 Å².